The predicted octanol–water partition coefficient (Wildman–Crippen LogP) is 1.04. The Morgan fingerprint density at radius 2 is 2.00 bits per heavy atom. The molecule has 0 aliphatic carbocycles. The molecule has 23 heavy (non-hydrogen) atoms. The average molecular weight is 340 g/mol. The summed E-state index contributed by atoms with van der Waals surface area (Å²) in [7, 11) is -3.75. The van der Waals surface area contributed by atoms with Gasteiger partial charge in [-0.1, -0.05) is 13.3 Å². The quantitative estimate of drug-likeness (QED) is 0.615. The number of amides is 1. The highest BCUT2D eigenvalue weighted by Gasteiger charge is 2.37. The van der Waals surface area contributed by atoms with Crippen LogP contribution in [-0.4, -0.2) is 38.7 Å². The maximum absolute atomic E-state index is 11.9. The molecule has 1 aliphatic heterocycles. The van der Waals surface area contributed by atoms with Gasteiger partial charge in [0.1, 0.15) is 5.25 Å². The molecule has 2 N–H and O–H groups in total. The van der Waals surface area contributed by atoms with Gasteiger partial charge in [-0.15, -0.1) is 0 Å². The van der Waals surface area contributed by atoms with Crippen LogP contribution in [0.4, 0.5) is 5.69 Å². The summed E-state index contributed by atoms with van der Waals surface area (Å²) in [5.74, 6) is -0.720. The molecular weight excluding hydrogens is 320 g/mol. The van der Waals surface area contributed by atoms with Gasteiger partial charge in [0.15, 0.2) is 0 Å². The number of benzene rings is 1. The third kappa shape index (κ3) is 4.29. The van der Waals surface area contributed by atoms with Crippen LogP contribution in [0.3, 0.4) is 0 Å². The first-order valence-corrected chi connectivity index (χ1v) is 9.03. The Kier molecular flexibility index (Phi) is 5.38. The van der Waals surface area contributed by atoms with E-state index in [1.807, 2.05) is 6.92 Å². The van der Waals surface area contributed by atoms with Gasteiger partial charge in [0, 0.05) is 18.7 Å². The van der Waals surface area contributed by atoms with Crippen molar-refractivity contribution in [1.82, 2.24) is 0 Å². The summed E-state index contributed by atoms with van der Waals surface area (Å²) in [6.07, 6.45) is 1.62. The minimum Gasteiger partial charge on any atom is -0.462 e. The highest BCUT2D eigenvalue weighted by molar-refractivity contribution is 7.89. The second-order valence-corrected chi connectivity index (χ2v) is 7.30. The number of rotatable bonds is 6. The van der Waals surface area contributed by atoms with Crippen LogP contribution in [0.15, 0.2) is 24.3 Å². The average Bonchev–Trinajstić information content (AvgIpc) is 2.90. The smallest absolute Gasteiger partial charge is 0.338 e. The van der Waals surface area contributed by atoms with Gasteiger partial charge < -0.3 is 9.64 Å². The van der Waals surface area contributed by atoms with Crippen molar-refractivity contribution in [3.05, 3.63) is 29.8 Å². The van der Waals surface area contributed by atoms with Gasteiger partial charge >= 0.3 is 5.97 Å². The number of hydrogen-bond donors (Lipinski definition) is 1. The van der Waals surface area contributed by atoms with Crippen LogP contribution in [0.25, 0.3) is 0 Å². The molecule has 126 valence electrons. The Labute approximate surface area is 135 Å². The van der Waals surface area contributed by atoms with Gasteiger partial charge in [-0.3, -0.25) is 4.79 Å². The number of unbranched alkanes of at least 4 members (excludes halogenated alkanes) is 1. The molecule has 1 amide bonds. The molecule has 1 saturated heterocycles. The third-order valence-electron chi connectivity index (χ3n) is 3.70. The van der Waals surface area contributed by atoms with E-state index in [4.69, 9.17) is 9.88 Å². The minimum atomic E-state index is -3.75. The number of esters is 1. The lowest BCUT2D eigenvalue weighted by Gasteiger charge is -2.16. The van der Waals surface area contributed by atoms with E-state index in [1.165, 1.54) is 4.90 Å². The van der Waals surface area contributed by atoms with Crippen LogP contribution in [-0.2, 0) is 19.6 Å². The molecule has 1 atom stereocenters. The van der Waals surface area contributed by atoms with E-state index in [1.54, 1.807) is 24.3 Å². The molecule has 0 spiro atoms. The van der Waals surface area contributed by atoms with Gasteiger partial charge in [0.25, 0.3) is 0 Å². The molecule has 1 unspecified atom stereocenters. The second kappa shape index (κ2) is 7.10. The Morgan fingerprint density at radius 3 is 2.52 bits per heavy atom. The van der Waals surface area contributed by atoms with E-state index in [-0.39, 0.29) is 18.9 Å². The van der Waals surface area contributed by atoms with Crippen molar-refractivity contribution in [3.63, 3.8) is 0 Å². The van der Waals surface area contributed by atoms with Crippen molar-refractivity contribution < 1.29 is 22.7 Å². The summed E-state index contributed by atoms with van der Waals surface area (Å²) in [4.78, 5) is 25.1. The zero-order valence-electron chi connectivity index (χ0n) is 12.9. The molecule has 1 fully saturated rings. The van der Waals surface area contributed by atoms with Crippen molar-refractivity contribution in [2.45, 2.75) is 31.4 Å². The fourth-order valence-electron chi connectivity index (χ4n) is 2.31. The summed E-state index contributed by atoms with van der Waals surface area (Å²) in [5.41, 5.74) is 0.922. The van der Waals surface area contributed by atoms with Crippen molar-refractivity contribution in [1.29, 1.82) is 0 Å². The summed E-state index contributed by atoms with van der Waals surface area (Å²) in [5, 5.41) is 4.20. The van der Waals surface area contributed by atoms with Crippen molar-refractivity contribution >= 4 is 27.6 Å². The SMILES string of the molecule is CCCCOC(=O)c1ccc(N2CC(S(N)(=O)=O)CC2=O)cc1. The van der Waals surface area contributed by atoms with E-state index in [2.05, 4.69) is 0 Å². The van der Waals surface area contributed by atoms with Crippen LogP contribution < -0.4 is 10.0 Å². The molecule has 1 aromatic carbocycles. The summed E-state index contributed by atoms with van der Waals surface area (Å²) < 4.78 is 27.8. The first-order chi connectivity index (χ1) is 10.8. The van der Waals surface area contributed by atoms with Gasteiger partial charge in [-0.25, -0.2) is 18.4 Å². The van der Waals surface area contributed by atoms with Crippen LogP contribution in [0.1, 0.15) is 36.5 Å². The first kappa shape index (κ1) is 17.4. The molecule has 1 heterocycles. The Balaban J connectivity index is 2.05. The van der Waals surface area contributed by atoms with Crippen molar-refractivity contribution in [3.8, 4) is 0 Å². The molecule has 7 nitrogen and oxygen atoms in total. The number of carbonyl (C=O) groups excluding carboxylic acids is 2. The van der Waals surface area contributed by atoms with Gasteiger partial charge in [0.2, 0.25) is 15.9 Å². The maximum atomic E-state index is 11.9. The number of nitrogens with two attached hydrogens (primary N) is 1. The molecule has 0 bridgehead atoms. The zero-order chi connectivity index (χ0) is 17.0. The van der Waals surface area contributed by atoms with Crippen molar-refractivity contribution in [2.75, 3.05) is 18.1 Å². The lowest BCUT2D eigenvalue weighted by Crippen LogP contribution is -2.32. The molecule has 0 saturated carbocycles. The zero-order valence-corrected chi connectivity index (χ0v) is 13.7. The van der Waals surface area contributed by atoms with Crippen LogP contribution >= 0.6 is 0 Å². The maximum Gasteiger partial charge on any atom is 0.338 e. The Morgan fingerprint density at radius 1 is 1.35 bits per heavy atom. The Bertz CT molecular complexity index is 684. The normalized spacial score (nSPS) is 18.3. The first-order valence-electron chi connectivity index (χ1n) is 7.42. The van der Waals surface area contributed by atoms with E-state index >= 15 is 0 Å². The van der Waals surface area contributed by atoms with Gasteiger partial charge in [-0.2, -0.15) is 0 Å². The molecular formula is C15H20N2O5S. The number of ether oxygens (including phenoxy) is 1. The number of primary sulfonamides is 1. The van der Waals surface area contributed by atoms with Crippen molar-refractivity contribution in [2.24, 2.45) is 5.14 Å². The lowest BCUT2D eigenvalue weighted by molar-refractivity contribution is -0.117. The molecule has 0 radical (unpaired) electrons. The molecule has 0 aromatic heterocycles. The number of hydrogen-bond acceptors (Lipinski definition) is 5. The molecule has 1 aliphatic rings. The fraction of sp³-hybridized carbons (Fsp3) is 0.467. The largest absolute Gasteiger partial charge is 0.462 e. The van der Waals surface area contributed by atoms with Crippen LogP contribution in [0, 0.1) is 0 Å². The predicted molar refractivity (Wildman–Crippen MR) is 85.5 cm³/mol. The number of nitrogens with zero attached hydrogens (tertiary/aromatic N) is 1. The fourth-order valence-corrected chi connectivity index (χ4v) is 3.05. The van der Waals surface area contributed by atoms with E-state index in [9.17, 15) is 18.0 Å². The molecule has 2 rings (SSSR count). The van der Waals surface area contributed by atoms with E-state index in [0.29, 0.717) is 17.9 Å². The number of anilines is 1. The Hall–Kier alpha value is -1.93. The topological polar surface area (TPSA) is 107 Å². The summed E-state index contributed by atoms with van der Waals surface area (Å²) in [6.45, 7) is 2.40. The third-order valence-corrected chi connectivity index (χ3v) is 4.94. The summed E-state index contributed by atoms with van der Waals surface area (Å²) in [6, 6.07) is 6.31. The highest BCUT2D eigenvalue weighted by Crippen LogP contribution is 2.24. The molecule has 8 heteroatoms. The van der Waals surface area contributed by atoms with Crippen LogP contribution in [0.5, 0.6) is 0 Å². The second-order valence-electron chi connectivity index (χ2n) is 5.46. The van der Waals surface area contributed by atoms with E-state index in [0.717, 1.165) is 12.8 Å². The number of sulfonamides is 1. The monoisotopic (exact) mass is 340 g/mol. The lowest BCUT2D eigenvalue weighted by atomic mass is 10.2. The van der Waals surface area contributed by atoms with Crippen LogP contribution in [0.2, 0.25) is 0 Å². The summed E-state index contributed by atoms with van der Waals surface area (Å²) >= 11 is 0. The van der Waals surface area contributed by atoms with E-state index < -0.39 is 21.2 Å². The van der Waals surface area contributed by atoms with Gasteiger partial charge in [-0.05, 0) is 30.7 Å². The molecule has 1 aromatic rings. The van der Waals surface area contributed by atoms with Gasteiger partial charge in [0.05, 0.1) is 12.2 Å². The standard InChI is InChI=1S/C15H20N2O5S/c1-2-3-8-22-15(19)11-4-6-12(7-5-11)17-10-13(9-14(17)18)23(16,20)21/h4-7,13H,2-3,8-10H2,1H3,(H2,16,20,21). The minimum absolute atomic E-state index is 0.0258. The highest BCUT2D eigenvalue weighted by atomic mass is 32.2. The number of carbonyl (C=O) groups is 2.